The summed E-state index contributed by atoms with van der Waals surface area (Å²) in [6.45, 7) is 5.29. The number of hydrogen-bond donors (Lipinski definition) is 1. The topological polar surface area (TPSA) is 82.3 Å². The number of aryl methyl sites for hydroxylation is 2. The Morgan fingerprint density at radius 2 is 1.64 bits per heavy atom. The number of methoxy groups -OCH3 is 3. The van der Waals surface area contributed by atoms with E-state index in [0.717, 1.165) is 5.56 Å². The zero-order valence-electron chi connectivity index (χ0n) is 15.2. The molecule has 0 bridgehead atoms. The van der Waals surface area contributed by atoms with Crippen molar-refractivity contribution in [2.45, 2.75) is 20.8 Å². The van der Waals surface area contributed by atoms with Gasteiger partial charge in [0.05, 0.1) is 32.6 Å². The number of carbonyl (C=O) groups excluding carboxylic acids is 1. The molecule has 0 aliphatic carbocycles. The molecule has 1 amide bonds. The van der Waals surface area contributed by atoms with Gasteiger partial charge in [-0.3, -0.25) is 4.79 Å². The maximum Gasteiger partial charge on any atom is 0.274 e. The van der Waals surface area contributed by atoms with Crippen LogP contribution < -0.4 is 19.6 Å². The second-order valence-corrected chi connectivity index (χ2v) is 5.38. The van der Waals surface area contributed by atoms with Gasteiger partial charge in [-0.25, -0.2) is 5.43 Å². The Kier molecular flexibility index (Phi) is 5.69. The Morgan fingerprint density at radius 3 is 2.08 bits per heavy atom. The molecule has 1 aromatic heterocycles. The Labute approximate surface area is 146 Å². The van der Waals surface area contributed by atoms with Gasteiger partial charge in [0, 0.05) is 5.56 Å². The molecule has 134 valence electrons. The highest BCUT2D eigenvalue weighted by atomic mass is 16.5. The van der Waals surface area contributed by atoms with Crippen molar-refractivity contribution in [3.63, 3.8) is 0 Å². The van der Waals surface area contributed by atoms with Crippen molar-refractivity contribution in [3.05, 3.63) is 40.8 Å². The summed E-state index contributed by atoms with van der Waals surface area (Å²) in [5, 5.41) is 4.15. The maximum atomic E-state index is 12.2. The molecule has 0 spiro atoms. The molecule has 0 aliphatic rings. The Morgan fingerprint density at radius 1 is 1.04 bits per heavy atom. The van der Waals surface area contributed by atoms with Crippen molar-refractivity contribution in [1.82, 2.24) is 5.43 Å². The molecule has 1 heterocycles. The van der Waals surface area contributed by atoms with Crippen LogP contribution in [0, 0.1) is 13.8 Å². The number of ether oxygens (including phenoxy) is 3. The highest BCUT2D eigenvalue weighted by Crippen LogP contribution is 2.38. The molecule has 7 heteroatoms. The third-order valence-corrected chi connectivity index (χ3v) is 3.69. The van der Waals surface area contributed by atoms with Crippen LogP contribution in [0.3, 0.4) is 0 Å². The first-order valence-electron chi connectivity index (χ1n) is 7.63. The molecule has 0 saturated heterocycles. The van der Waals surface area contributed by atoms with Gasteiger partial charge in [0.2, 0.25) is 5.75 Å². The number of nitrogens with zero attached hydrogens (tertiary/aromatic N) is 1. The number of carbonyl (C=O) groups is 1. The molecule has 0 unspecified atom stereocenters. The zero-order valence-corrected chi connectivity index (χ0v) is 15.2. The molecule has 0 radical (unpaired) electrons. The molecule has 2 aromatic rings. The summed E-state index contributed by atoms with van der Waals surface area (Å²) in [4.78, 5) is 12.2. The summed E-state index contributed by atoms with van der Waals surface area (Å²) in [6.07, 6.45) is 0. The van der Waals surface area contributed by atoms with Crippen LogP contribution in [0.2, 0.25) is 0 Å². The van der Waals surface area contributed by atoms with E-state index in [-0.39, 0.29) is 5.91 Å². The molecule has 1 N–H and O–H groups in total. The van der Waals surface area contributed by atoms with Crippen LogP contribution >= 0.6 is 0 Å². The summed E-state index contributed by atoms with van der Waals surface area (Å²) < 4.78 is 21.3. The third kappa shape index (κ3) is 3.93. The minimum Gasteiger partial charge on any atom is -0.493 e. The van der Waals surface area contributed by atoms with E-state index < -0.39 is 0 Å². The first-order valence-corrected chi connectivity index (χ1v) is 7.63. The molecule has 0 fully saturated rings. The first kappa shape index (κ1) is 18.4. The van der Waals surface area contributed by atoms with Crippen LogP contribution in [0.5, 0.6) is 17.2 Å². The van der Waals surface area contributed by atoms with Crippen molar-refractivity contribution in [2.24, 2.45) is 5.10 Å². The quantitative estimate of drug-likeness (QED) is 0.642. The van der Waals surface area contributed by atoms with Crippen molar-refractivity contribution >= 4 is 11.6 Å². The number of nitrogens with one attached hydrogen (secondary N) is 1. The third-order valence-electron chi connectivity index (χ3n) is 3.69. The van der Waals surface area contributed by atoms with Crippen LogP contribution in [0.1, 0.15) is 34.4 Å². The Hall–Kier alpha value is -2.96. The van der Waals surface area contributed by atoms with E-state index in [1.807, 2.05) is 0 Å². The fourth-order valence-electron chi connectivity index (χ4n) is 2.41. The predicted octanol–water partition coefficient (Wildman–Crippen LogP) is 3.08. The van der Waals surface area contributed by atoms with E-state index in [4.69, 9.17) is 18.6 Å². The van der Waals surface area contributed by atoms with Gasteiger partial charge >= 0.3 is 0 Å². The average molecular weight is 346 g/mol. The van der Waals surface area contributed by atoms with Gasteiger partial charge in [-0.05, 0) is 39.0 Å². The molecule has 1 aromatic carbocycles. The summed E-state index contributed by atoms with van der Waals surface area (Å²) in [5.74, 6) is 2.41. The molecule has 0 saturated carbocycles. The van der Waals surface area contributed by atoms with Crippen molar-refractivity contribution in [2.75, 3.05) is 21.3 Å². The number of amides is 1. The van der Waals surface area contributed by atoms with Crippen molar-refractivity contribution in [1.29, 1.82) is 0 Å². The smallest absolute Gasteiger partial charge is 0.274 e. The van der Waals surface area contributed by atoms with Crippen molar-refractivity contribution < 1.29 is 23.4 Å². The van der Waals surface area contributed by atoms with Crippen LogP contribution in [-0.2, 0) is 0 Å². The average Bonchev–Trinajstić information content (AvgIpc) is 2.96. The highest BCUT2D eigenvalue weighted by molar-refractivity contribution is 6.02. The molecule has 0 aliphatic heterocycles. The van der Waals surface area contributed by atoms with Gasteiger partial charge in [-0.1, -0.05) is 0 Å². The van der Waals surface area contributed by atoms with Crippen molar-refractivity contribution in [3.8, 4) is 17.2 Å². The van der Waals surface area contributed by atoms with Gasteiger partial charge in [-0.2, -0.15) is 5.10 Å². The van der Waals surface area contributed by atoms with E-state index in [1.54, 1.807) is 53.2 Å². The second kappa shape index (κ2) is 7.74. The fourth-order valence-corrected chi connectivity index (χ4v) is 2.41. The van der Waals surface area contributed by atoms with E-state index in [2.05, 4.69) is 10.5 Å². The van der Waals surface area contributed by atoms with Crippen LogP contribution in [0.15, 0.2) is 27.7 Å². The molecular formula is C18H22N2O5. The lowest BCUT2D eigenvalue weighted by Gasteiger charge is -2.14. The zero-order chi connectivity index (χ0) is 18.6. The van der Waals surface area contributed by atoms with E-state index >= 15 is 0 Å². The SMILES string of the molecule is COc1cc(/C(C)=N/NC(=O)c2cc(C)oc2C)cc(OC)c1OC. The fraction of sp³-hybridized carbons (Fsp3) is 0.333. The molecule has 25 heavy (non-hydrogen) atoms. The lowest BCUT2D eigenvalue weighted by atomic mass is 10.1. The minimum atomic E-state index is -0.332. The molecular weight excluding hydrogens is 324 g/mol. The highest BCUT2D eigenvalue weighted by Gasteiger charge is 2.16. The number of furan rings is 1. The van der Waals surface area contributed by atoms with Gasteiger partial charge in [-0.15, -0.1) is 0 Å². The lowest BCUT2D eigenvalue weighted by Crippen LogP contribution is -2.19. The van der Waals surface area contributed by atoms with Crippen LogP contribution in [-0.4, -0.2) is 32.9 Å². The second-order valence-electron chi connectivity index (χ2n) is 5.38. The minimum absolute atomic E-state index is 0.332. The number of rotatable bonds is 6. The van der Waals surface area contributed by atoms with Crippen LogP contribution in [0.25, 0.3) is 0 Å². The Bertz CT molecular complexity index is 783. The van der Waals surface area contributed by atoms with Crippen LogP contribution in [0.4, 0.5) is 0 Å². The number of benzene rings is 1. The molecule has 0 atom stereocenters. The van der Waals surface area contributed by atoms with E-state index in [9.17, 15) is 4.79 Å². The molecule has 2 rings (SSSR count). The standard InChI is InChI=1S/C18H22N2O5/c1-10-7-14(12(3)25-10)18(21)20-19-11(2)13-8-15(22-4)17(24-6)16(9-13)23-5/h7-9H,1-6H3,(H,20,21)/b19-11+. The molecule has 7 nitrogen and oxygen atoms in total. The normalized spacial score (nSPS) is 11.2. The van der Waals surface area contributed by atoms with Gasteiger partial charge in [0.1, 0.15) is 11.5 Å². The first-order chi connectivity index (χ1) is 11.9. The number of hydrazone groups is 1. The summed E-state index contributed by atoms with van der Waals surface area (Å²) >= 11 is 0. The van der Waals surface area contributed by atoms with E-state index in [1.165, 1.54) is 7.11 Å². The largest absolute Gasteiger partial charge is 0.493 e. The van der Waals surface area contributed by atoms with Gasteiger partial charge < -0.3 is 18.6 Å². The summed E-state index contributed by atoms with van der Waals surface area (Å²) in [5.41, 5.74) is 4.31. The summed E-state index contributed by atoms with van der Waals surface area (Å²) in [6, 6.07) is 5.20. The predicted molar refractivity (Wildman–Crippen MR) is 94.0 cm³/mol. The van der Waals surface area contributed by atoms with Gasteiger partial charge in [0.25, 0.3) is 5.91 Å². The Balaban J connectivity index is 2.27. The van der Waals surface area contributed by atoms with E-state index in [0.29, 0.717) is 40.0 Å². The maximum absolute atomic E-state index is 12.2. The number of hydrogen-bond acceptors (Lipinski definition) is 6. The summed E-state index contributed by atoms with van der Waals surface area (Å²) in [7, 11) is 4.62. The monoisotopic (exact) mass is 346 g/mol. The van der Waals surface area contributed by atoms with Gasteiger partial charge in [0.15, 0.2) is 11.5 Å². The lowest BCUT2D eigenvalue weighted by molar-refractivity contribution is 0.0953.